The molecular weight excluding hydrogens is 222 g/mol. The van der Waals surface area contributed by atoms with E-state index in [1.54, 1.807) is 18.0 Å². The van der Waals surface area contributed by atoms with Crippen molar-refractivity contribution >= 4 is 17.7 Å². The summed E-state index contributed by atoms with van der Waals surface area (Å²) in [5.74, 6) is 1.81. The third kappa shape index (κ3) is 2.74. The van der Waals surface area contributed by atoms with Crippen LogP contribution in [0.3, 0.4) is 0 Å². The number of nitrogens with one attached hydrogen (secondary N) is 2. The molecular formula is C11H15N3OS. The first-order valence-electron chi connectivity index (χ1n) is 5.25. The van der Waals surface area contributed by atoms with Gasteiger partial charge in [-0.15, -0.1) is 11.8 Å². The van der Waals surface area contributed by atoms with Crippen LogP contribution in [-0.4, -0.2) is 28.6 Å². The molecule has 86 valence electrons. The molecule has 16 heavy (non-hydrogen) atoms. The molecule has 1 aliphatic rings. The maximum absolute atomic E-state index is 11.7. The Morgan fingerprint density at radius 3 is 3.31 bits per heavy atom. The van der Waals surface area contributed by atoms with Crippen molar-refractivity contribution in [1.82, 2.24) is 15.6 Å². The molecule has 0 radical (unpaired) electrons. The second-order valence-corrected chi connectivity index (χ2v) is 4.82. The SMILES string of the molecule is Cc1cnccc1CNC(=O)C1CSCN1. The van der Waals surface area contributed by atoms with E-state index in [9.17, 15) is 4.79 Å². The number of hydrogen-bond donors (Lipinski definition) is 2. The number of carbonyl (C=O) groups excluding carboxylic acids is 1. The highest BCUT2D eigenvalue weighted by Crippen LogP contribution is 2.10. The van der Waals surface area contributed by atoms with Crippen molar-refractivity contribution in [3.05, 3.63) is 29.6 Å². The fourth-order valence-electron chi connectivity index (χ4n) is 1.57. The molecule has 1 aromatic heterocycles. The number of amides is 1. The third-order valence-electron chi connectivity index (χ3n) is 2.62. The van der Waals surface area contributed by atoms with Crippen LogP contribution in [0.15, 0.2) is 18.5 Å². The molecule has 0 aromatic carbocycles. The number of aryl methyl sites for hydroxylation is 1. The summed E-state index contributed by atoms with van der Waals surface area (Å²) in [5.41, 5.74) is 2.23. The first kappa shape index (κ1) is 11.4. The van der Waals surface area contributed by atoms with Crippen molar-refractivity contribution < 1.29 is 4.79 Å². The van der Waals surface area contributed by atoms with Gasteiger partial charge < -0.3 is 5.32 Å². The fourth-order valence-corrected chi connectivity index (χ4v) is 2.51. The second kappa shape index (κ2) is 5.32. The number of thioether (sulfide) groups is 1. The Bertz CT molecular complexity index is 377. The molecule has 4 nitrogen and oxygen atoms in total. The molecule has 0 saturated carbocycles. The van der Waals surface area contributed by atoms with Crippen LogP contribution in [0.25, 0.3) is 0 Å². The molecule has 1 aromatic rings. The van der Waals surface area contributed by atoms with Crippen LogP contribution in [0.5, 0.6) is 0 Å². The molecule has 1 fully saturated rings. The molecule has 5 heteroatoms. The molecule has 1 amide bonds. The van der Waals surface area contributed by atoms with Gasteiger partial charge in [0.05, 0.1) is 6.04 Å². The number of hydrogen-bond acceptors (Lipinski definition) is 4. The van der Waals surface area contributed by atoms with Gasteiger partial charge in [-0.25, -0.2) is 0 Å². The maximum Gasteiger partial charge on any atom is 0.238 e. The van der Waals surface area contributed by atoms with Gasteiger partial charge in [-0.1, -0.05) is 0 Å². The average molecular weight is 237 g/mol. The first-order chi connectivity index (χ1) is 7.77. The minimum Gasteiger partial charge on any atom is -0.351 e. The number of aromatic nitrogens is 1. The maximum atomic E-state index is 11.7. The molecule has 1 saturated heterocycles. The van der Waals surface area contributed by atoms with Gasteiger partial charge in [0, 0.05) is 30.6 Å². The van der Waals surface area contributed by atoms with Gasteiger partial charge in [-0.3, -0.25) is 15.1 Å². The van der Waals surface area contributed by atoms with Crippen molar-refractivity contribution in [2.24, 2.45) is 0 Å². The highest BCUT2D eigenvalue weighted by Gasteiger charge is 2.21. The lowest BCUT2D eigenvalue weighted by molar-refractivity contribution is -0.122. The van der Waals surface area contributed by atoms with Crippen LogP contribution >= 0.6 is 11.8 Å². The molecule has 0 aliphatic carbocycles. The zero-order valence-electron chi connectivity index (χ0n) is 9.19. The third-order valence-corrected chi connectivity index (χ3v) is 3.56. The van der Waals surface area contributed by atoms with Crippen molar-refractivity contribution in [3.8, 4) is 0 Å². The van der Waals surface area contributed by atoms with Crippen LogP contribution in [0.4, 0.5) is 0 Å². The van der Waals surface area contributed by atoms with Gasteiger partial charge in [0.15, 0.2) is 0 Å². The Balaban J connectivity index is 1.87. The van der Waals surface area contributed by atoms with E-state index in [1.165, 1.54) is 0 Å². The van der Waals surface area contributed by atoms with E-state index in [2.05, 4.69) is 15.6 Å². The lowest BCUT2D eigenvalue weighted by Crippen LogP contribution is -2.41. The average Bonchev–Trinajstić information content (AvgIpc) is 2.81. The zero-order valence-corrected chi connectivity index (χ0v) is 10.0. The Labute approximate surface area is 99.2 Å². The van der Waals surface area contributed by atoms with E-state index >= 15 is 0 Å². The molecule has 2 heterocycles. The van der Waals surface area contributed by atoms with Crippen LogP contribution in [0.2, 0.25) is 0 Å². The van der Waals surface area contributed by atoms with E-state index in [-0.39, 0.29) is 11.9 Å². The number of carbonyl (C=O) groups is 1. The summed E-state index contributed by atoms with van der Waals surface area (Å²) in [6.07, 6.45) is 3.56. The van der Waals surface area contributed by atoms with Crippen molar-refractivity contribution in [1.29, 1.82) is 0 Å². The summed E-state index contributed by atoms with van der Waals surface area (Å²) >= 11 is 1.75. The number of rotatable bonds is 3. The highest BCUT2D eigenvalue weighted by atomic mass is 32.2. The minimum atomic E-state index is -0.0351. The molecule has 2 rings (SSSR count). The molecule has 1 unspecified atom stereocenters. The zero-order chi connectivity index (χ0) is 11.4. The molecule has 1 atom stereocenters. The number of nitrogens with zero attached hydrogens (tertiary/aromatic N) is 1. The summed E-state index contributed by atoms with van der Waals surface area (Å²) in [7, 11) is 0. The molecule has 1 aliphatic heterocycles. The number of pyridine rings is 1. The quantitative estimate of drug-likeness (QED) is 0.811. The second-order valence-electron chi connectivity index (χ2n) is 3.79. The highest BCUT2D eigenvalue weighted by molar-refractivity contribution is 7.99. The predicted molar refractivity (Wildman–Crippen MR) is 65.1 cm³/mol. The predicted octanol–water partition coefficient (Wildman–Crippen LogP) is 0.669. The normalized spacial score (nSPS) is 19.7. The molecule has 2 N–H and O–H groups in total. The largest absolute Gasteiger partial charge is 0.351 e. The molecule has 0 bridgehead atoms. The fraction of sp³-hybridized carbons (Fsp3) is 0.455. The van der Waals surface area contributed by atoms with Gasteiger partial charge in [-0.2, -0.15) is 0 Å². The van der Waals surface area contributed by atoms with Gasteiger partial charge in [-0.05, 0) is 24.1 Å². The summed E-state index contributed by atoms with van der Waals surface area (Å²) in [4.78, 5) is 15.7. The topological polar surface area (TPSA) is 54.0 Å². The van der Waals surface area contributed by atoms with Crippen LogP contribution in [0.1, 0.15) is 11.1 Å². The van der Waals surface area contributed by atoms with Crippen molar-refractivity contribution in [2.75, 3.05) is 11.6 Å². The smallest absolute Gasteiger partial charge is 0.238 e. The van der Waals surface area contributed by atoms with E-state index in [0.717, 1.165) is 22.8 Å². The van der Waals surface area contributed by atoms with Gasteiger partial charge >= 0.3 is 0 Å². The lowest BCUT2D eigenvalue weighted by atomic mass is 10.1. The summed E-state index contributed by atoms with van der Waals surface area (Å²) in [5, 5.41) is 6.08. The van der Waals surface area contributed by atoms with Crippen LogP contribution in [-0.2, 0) is 11.3 Å². The Morgan fingerprint density at radius 2 is 2.62 bits per heavy atom. The Morgan fingerprint density at radius 1 is 1.75 bits per heavy atom. The van der Waals surface area contributed by atoms with Crippen LogP contribution in [0, 0.1) is 6.92 Å². The standard InChI is InChI=1S/C11H15N3OS/c1-8-4-12-3-2-9(8)5-13-11(15)10-6-16-7-14-10/h2-4,10,14H,5-7H2,1H3,(H,13,15). The Hall–Kier alpha value is -1.07. The Kier molecular flexibility index (Phi) is 3.79. The van der Waals surface area contributed by atoms with Crippen molar-refractivity contribution in [2.45, 2.75) is 19.5 Å². The van der Waals surface area contributed by atoms with E-state index in [1.807, 2.05) is 19.2 Å². The summed E-state index contributed by atoms with van der Waals surface area (Å²) in [6.45, 7) is 2.58. The van der Waals surface area contributed by atoms with Gasteiger partial charge in [0.1, 0.15) is 0 Å². The van der Waals surface area contributed by atoms with E-state index in [0.29, 0.717) is 6.54 Å². The minimum absolute atomic E-state index is 0.0351. The first-order valence-corrected chi connectivity index (χ1v) is 6.41. The van der Waals surface area contributed by atoms with Crippen LogP contribution < -0.4 is 10.6 Å². The summed E-state index contributed by atoms with van der Waals surface area (Å²) in [6, 6.07) is 1.90. The molecule has 0 spiro atoms. The van der Waals surface area contributed by atoms with Gasteiger partial charge in [0.25, 0.3) is 0 Å². The van der Waals surface area contributed by atoms with Gasteiger partial charge in [0.2, 0.25) is 5.91 Å². The monoisotopic (exact) mass is 237 g/mol. The van der Waals surface area contributed by atoms with E-state index in [4.69, 9.17) is 0 Å². The summed E-state index contributed by atoms with van der Waals surface area (Å²) < 4.78 is 0. The van der Waals surface area contributed by atoms with E-state index < -0.39 is 0 Å². The lowest BCUT2D eigenvalue weighted by Gasteiger charge is -2.11. The van der Waals surface area contributed by atoms with Crippen molar-refractivity contribution in [3.63, 3.8) is 0 Å².